The first kappa shape index (κ1) is 13.0. The van der Waals surface area contributed by atoms with Gasteiger partial charge in [-0.2, -0.15) is 0 Å². The van der Waals surface area contributed by atoms with E-state index in [-0.39, 0.29) is 0 Å². The lowest BCUT2D eigenvalue weighted by molar-refractivity contribution is -0.0457. The first-order chi connectivity index (χ1) is 7.00. The predicted molar refractivity (Wildman–Crippen MR) is 65.9 cm³/mol. The van der Waals surface area contributed by atoms with Crippen LogP contribution in [0.25, 0.3) is 0 Å². The Morgan fingerprint density at radius 2 is 1.80 bits per heavy atom. The molecule has 1 rings (SSSR count). The number of hydrogen-bond donors (Lipinski definition) is 0. The molecule has 0 aromatic heterocycles. The van der Waals surface area contributed by atoms with Gasteiger partial charge in [-0.1, -0.05) is 34.6 Å². The highest BCUT2D eigenvalue weighted by Gasteiger charge is 2.31. The summed E-state index contributed by atoms with van der Waals surface area (Å²) in [6.07, 6.45) is 4.52. The summed E-state index contributed by atoms with van der Waals surface area (Å²) in [7, 11) is 0. The summed E-state index contributed by atoms with van der Waals surface area (Å²) in [5, 5.41) is 0. The standard InChI is InChI=1S/C14H28O/c1-10(2)9-15-14-7-6-12(5)8-13(14)11(3)4/h10-14H,6-9H2,1-5H3. The highest BCUT2D eigenvalue weighted by Crippen LogP contribution is 2.35. The van der Waals surface area contributed by atoms with Crippen LogP contribution in [0.4, 0.5) is 0 Å². The van der Waals surface area contributed by atoms with Gasteiger partial charge < -0.3 is 4.74 Å². The van der Waals surface area contributed by atoms with Gasteiger partial charge in [-0.3, -0.25) is 0 Å². The van der Waals surface area contributed by atoms with E-state index < -0.39 is 0 Å². The maximum atomic E-state index is 6.07. The Morgan fingerprint density at radius 1 is 1.13 bits per heavy atom. The Morgan fingerprint density at radius 3 is 2.33 bits per heavy atom. The number of ether oxygens (including phenoxy) is 1. The third-order valence-electron chi connectivity index (χ3n) is 3.60. The number of rotatable bonds is 4. The molecule has 1 fully saturated rings. The molecule has 15 heavy (non-hydrogen) atoms. The molecule has 90 valence electrons. The van der Waals surface area contributed by atoms with Gasteiger partial charge >= 0.3 is 0 Å². The van der Waals surface area contributed by atoms with Crippen LogP contribution in [-0.4, -0.2) is 12.7 Å². The Hall–Kier alpha value is -0.0400. The van der Waals surface area contributed by atoms with Crippen molar-refractivity contribution in [2.24, 2.45) is 23.7 Å². The third-order valence-corrected chi connectivity index (χ3v) is 3.60. The summed E-state index contributed by atoms with van der Waals surface area (Å²) < 4.78 is 6.07. The Kier molecular flexibility index (Phi) is 5.11. The first-order valence-corrected chi connectivity index (χ1v) is 6.62. The van der Waals surface area contributed by atoms with Crippen LogP contribution in [0.3, 0.4) is 0 Å². The van der Waals surface area contributed by atoms with Crippen molar-refractivity contribution in [1.29, 1.82) is 0 Å². The topological polar surface area (TPSA) is 9.23 Å². The largest absolute Gasteiger partial charge is 0.378 e. The van der Waals surface area contributed by atoms with Gasteiger partial charge in [-0.25, -0.2) is 0 Å². The summed E-state index contributed by atoms with van der Waals surface area (Å²) in [4.78, 5) is 0. The van der Waals surface area contributed by atoms with E-state index >= 15 is 0 Å². The van der Waals surface area contributed by atoms with Crippen LogP contribution in [-0.2, 0) is 4.74 Å². The maximum absolute atomic E-state index is 6.07. The normalized spacial score (nSPS) is 32.6. The summed E-state index contributed by atoms with van der Waals surface area (Å²) in [6, 6.07) is 0. The molecule has 0 aromatic carbocycles. The van der Waals surface area contributed by atoms with Gasteiger partial charge in [0.1, 0.15) is 0 Å². The Balaban J connectivity index is 2.45. The van der Waals surface area contributed by atoms with E-state index in [1.807, 2.05) is 0 Å². The second kappa shape index (κ2) is 5.89. The van der Waals surface area contributed by atoms with Crippen LogP contribution in [0.15, 0.2) is 0 Å². The zero-order valence-electron chi connectivity index (χ0n) is 11.1. The van der Waals surface area contributed by atoms with E-state index in [1.165, 1.54) is 19.3 Å². The average molecular weight is 212 g/mol. The highest BCUT2D eigenvalue weighted by molar-refractivity contribution is 4.81. The summed E-state index contributed by atoms with van der Waals surface area (Å²) in [5.74, 6) is 3.12. The molecule has 0 spiro atoms. The van der Waals surface area contributed by atoms with Crippen molar-refractivity contribution in [3.05, 3.63) is 0 Å². The van der Waals surface area contributed by atoms with Crippen LogP contribution >= 0.6 is 0 Å². The van der Waals surface area contributed by atoms with E-state index in [2.05, 4.69) is 34.6 Å². The van der Waals surface area contributed by atoms with Crippen LogP contribution in [0, 0.1) is 23.7 Å². The lowest BCUT2D eigenvalue weighted by Gasteiger charge is -2.37. The molecular formula is C14H28O. The quantitative estimate of drug-likeness (QED) is 0.681. The Labute approximate surface area is 95.6 Å². The first-order valence-electron chi connectivity index (χ1n) is 6.62. The van der Waals surface area contributed by atoms with E-state index in [4.69, 9.17) is 4.74 Å². The monoisotopic (exact) mass is 212 g/mol. The molecular weight excluding hydrogens is 184 g/mol. The Bertz CT molecular complexity index is 174. The van der Waals surface area contributed by atoms with Gasteiger partial charge in [0.2, 0.25) is 0 Å². The van der Waals surface area contributed by atoms with Crippen molar-refractivity contribution in [3.8, 4) is 0 Å². The van der Waals surface area contributed by atoms with Crippen molar-refractivity contribution in [2.75, 3.05) is 6.61 Å². The van der Waals surface area contributed by atoms with Gasteiger partial charge in [0.15, 0.2) is 0 Å². The molecule has 0 amide bonds. The zero-order chi connectivity index (χ0) is 11.4. The van der Waals surface area contributed by atoms with E-state index in [9.17, 15) is 0 Å². The molecule has 1 aliphatic carbocycles. The molecule has 0 aliphatic heterocycles. The van der Waals surface area contributed by atoms with Crippen LogP contribution < -0.4 is 0 Å². The summed E-state index contributed by atoms with van der Waals surface area (Å²) in [5.41, 5.74) is 0. The number of hydrogen-bond acceptors (Lipinski definition) is 1. The van der Waals surface area contributed by atoms with Gasteiger partial charge in [0.05, 0.1) is 6.10 Å². The molecule has 0 N–H and O–H groups in total. The summed E-state index contributed by atoms with van der Waals surface area (Å²) in [6.45, 7) is 12.5. The molecule has 1 heteroatoms. The summed E-state index contributed by atoms with van der Waals surface area (Å²) >= 11 is 0. The highest BCUT2D eigenvalue weighted by atomic mass is 16.5. The van der Waals surface area contributed by atoms with Gasteiger partial charge in [0, 0.05) is 6.61 Å². The second-order valence-electron chi connectivity index (χ2n) is 6.09. The molecule has 0 aromatic rings. The molecule has 3 atom stereocenters. The van der Waals surface area contributed by atoms with E-state index in [0.717, 1.165) is 24.4 Å². The molecule has 1 saturated carbocycles. The van der Waals surface area contributed by atoms with Gasteiger partial charge in [0.25, 0.3) is 0 Å². The second-order valence-corrected chi connectivity index (χ2v) is 6.09. The molecule has 0 radical (unpaired) electrons. The fraction of sp³-hybridized carbons (Fsp3) is 1.00. The minimum atomic E-state index is 0.531. The molecule has 0 heterocycles. The molecule has 1 nitrogen and oxygen atoms in total. The third kappa shape index (κ3) is 4.14. The van der Waals surface area contributed by atoms with E-state index in [1.54, 1.807) is 0 Å². The van der Waals surface area contributed by atoms with Gasteiger partial charge in [-0.15, -0.1) is 0 Å². The van der Waals surface area contributed by atoms with Gasteiger partial charge in [-0.05, 0) is 42.9 Å². The maximum Gasteiger partial charge on any atom is 0.0606 e. The lowest BCUT2D eigenvalue weighted by atomic mass is 9.75. The average Bonchev–Trinajstić information content (AvgIpc) is 2.15. The van der Waals surface area contributed by atoms with Crippen molar-refractivity contribution in [1.82, 2.24) is 0 Å². The van der Waals surface area contributed by atoms with Crippen molar-refractivity contribution in [2.45, 2.75) is 60.0 Å². The molecule has 0 bridgehead atoms. The van der Waals surface area contributed by atoms with E-state index in [0.29, 0.717) is 12.0 Å². The smallest absolute Gasteiger partial charge is 0.0606 e. The van der Waals surface area contributed by atoms with Crippen LogP contribution in [0.2, 0.25) is 0 Å². The zero-order valence-corrected chi connectivity index (χ0v) is 11.1. The van der Waals surface area contributed by atoms with Crippen LogP contribution in [0.1, 0.15) is 53.9 Å². The molecule has 0 saturated heterocycles. The molecule has 3 unspecified atom stereocenters. The van der Waals surface area contributed by atoms with Crippen LogP contribution in [0.5, 0.6) is 0 Å². The van der Waals surface area contributed by atoms with Crippen molar-refractivity contribution in [3.63, 3.8) is 0 Å². The minimum Gasteiger partial charge on any atom is -0.378 e. The predicted octanol–water partition coefficient (Wildman–Crippen LogP) is 4.12. The lowest BCUT2D eigenvalue weighted by Crippen LogP contribution is -2.34. The SMILES string of the molecule is CC(C)COC1CCC(C)CC1C(C)C. The minimum absolute atomic E-state index is 0.531. The fourth-order valence-corrected chi connectivity index (χ4v) is 2.62. The molecule has 1 aliphatic rings. The van der Waals surface area contributed by atoms with Crippen molar-refractivity contribution < 1.29 is 4.74 Å². The van der Waals surface area contributed by atoms with Crippen molar-refractivity contribution >= 4 is 0 Å². The fourth-order valence-electron chi connectivity index (χ4n) is 2.62.